The van der Waals surface area contributed by atoms with Crippen molar-refractivity contribution < 1.29 is 19.1 Å². The van der Waals surface area contributed by atoms with Gasteiger partial charge < -0.3 is 9.47 Å². The van der Waals surface area contributed by atoms with Crippen LogP contribution < -0.4 is 5.32 Å². The Hall–Kier alpha value is -3.33. The van der Waals surface area contributed by atoms with Gasteiger partial charge in [-0.3, -0.25) is 5.32 Å². The van der Waals surface area contributed by atoms with Gasteiger partial charge in [0.2, 0.25) is 0 Å². The Morgan fingerprint density at radius 2 is 1.81 bits per heavy atom. The van der Waals surface area contributed by atoms with E-state index in [2.05, 4.69) is 11.4 Å². The molecular formula is C20H20N2O4. The largest absolute Gasteiger partial charge is 0.465 e. The first-order valence-electron chi connectivity index (χ1n) is 7.96. The van der Waals surface area contributed by atoms with Crippen LogP contribution in [0.3, 0.4) is 0 Å². The second-order valence-corrected chi connectivity index (χ2v) is 6.61. The van der Waals surface area contributed by atoms with Gasteiger partial charge in [-0.25, -0.2) is 9.59 Å². The summed E-state index contributed by atoms with van der Waals surface area (Å²) in [6.07, 6.45) is -0.628. The summed E-state index contributed by atoms with van der Waals surface area (Å²) in [5.41, 5.74) is 1.91. The molecule has 0 saturated heterocycles. The summed E-state index contributed by atoms with van der Waals surface area (Å²) in [5.74, 6) is -0.532. The molecule has 0 atom stereocenters. The SMILES string of the molecule is COC(=O)c1cc(NC(=O)OC(C)(C)C)cc(-c2cccc(C#N)c2)c1. The molecule has 0 saturated carbocycles. The van der Waals surface area contributed by atoms with Crippen LogP contribution in [0.1, 0.15) is 36.7 Å². The average Bonchev–Trinajstić information content (AvgIpc) is 2.59. The van der Waals surface area contributed by atoms with Gasteiger partial charge in [-0.15, -0.1) is 0 Å². The number of esters is 1. The first-order chi connectivity index (χ1) is 12.2. The number of rotatable bonds is 3. The molecule has 0 aromatic heterocycles. The molecule has 134 valence electrons. The van der Waals surface area contributed by atoms with Crippen molar-refractivity contribution in [1.82, 2.24) is 0 Å². The Morgan fingerprint density at radius 3 is 2.42 bits per heavy atom. The van der Waals surface area contributed by atoms with E-state index in [1.165, 1.54) is 13.2 Å². The van der Waals surface area contributed by atoms with Crippen LogP contribution in [0, 0.1) is 11.3 Å². The zero-order valence-electron chi connectivity index (χ0n) is 15.1. The average molecular weight is 352 g/mol. The second-order valence-electron chi connectivity index (χ2n) is 6.61. The Kier molecular flexibility index (Phi) is 5.63. The van der Waals surface area contributed by atoms with E-state index in [0.717, 1.165) is 5.56 Å². The maximum atomic E-state index is 12.0. The van der Waals surface area contributed by atoms with Crippen molar-refractivity contribution in [3.05, 3.63) is 53.6 Å². The molecule has 26 heavy (non-hydrogen) atoms. The maximum absolute atomic E-state index is 12.0. The molecule has 6 heteroatoms. The number of ether oxygens (including phenoxy) is 2. The van der Waals surface area contributed by atoms with Crippen LogP contribution >= 0.6 is 0 Å². The summed E-state index contributed by atoms with van der Waals surface area (Å²) in [4.78, 5) is 24.0. The maximum Gasteiger partial charge on any atom is 0.412 e. The number of benzene rings is 2. The molecule has 0 aliphatic rings. The fourth-order valence-electron chi connectivity index (χ4n) is 2.29. The van der Waals surface area contributed by atoms with Crippen LogP contribution in [0.4, 0.5) is 10.5 Å². The van der Waals surface area contributed by atoms with Crippen molar-refractivity contribution in [3.63, 3.8) is 0 Å². The Bertz CT molecular complexity index is 876. The van der Waals surface area contributed by atoms with E-state index < -0.39 is 17.7 Å². The number of nitrogens with one attached hydrogen (secondary N) is 1. The van der Waals surface area contributed by atoms with E-state index >= 15 is 0 Å². The molecule has 0 aliphatic carbocycles. The lowest BCUT2D eigenvalue weighted by Crippen LogP contribution is -2.27. The molecule has 0 spiro atoms. The lowest BCUT2D eigenvalue weighted by molar-refractivity contribution is 0.0596. The number of hydrogen-bond acceptors (Lipinski definition) is 5. The van der Waals surface area contributed by atoms with E-state index in [1.54, 1.807) is 51.1 Å². The van der Waals surface area contributed by atoms with Crippen molar-refractivity contribution >= 4 is 17.7 Å². The predicted octanol–water partition coefficient (Wildman–Crippen LogP) is 4.36. The van der Waals surface area contributed by atoms with Crippen molar-refractivity contribution in [3.8, 4) is 17.2 Å². The van der Waals surface area contributed by atoms with Gasteiger partial charge in [-0.2, -0.15) is 5.26 Å². The number of hydrogen-bond donors (Lipinski definition) is 1. The minimum Gasteiger partial charge on any atom is -0.465 e. The van der Waals surface area contributed by atoms with Gasteiger partial charge in [0.1, 0.15) is 5.60 Å². The molecule has 2 aromatic carbocycles. The summed E-state index contributed by atoms with van der Waals surface area (Å²) in [6, 6.07) is 13.9. The Balaban J connectivity index is 2.44. The summed E-state index contributed by atoms with van der Waals surface area (Å²) < 4.78 is 10.0. The highest BCUT2D eigenvalue weighted by Gasteiger charge is 2.17. The highest BCUT2D eigenvalue weighted by Crippen LogP contribution is 2.26. The minimum atomic E-state index is -0.645. The molecule has 1 N–H and O–H groups in total. The van der Waals surface area contributed by atoms with Crippen molar-refractivity contribution in [1.29, 1.82) is 5.26 Å². The molecule has 0 fully saturated rings. The van der Waals surface area contributed by atoms with Crippen LogP contribution in [0.2, 0.25) is 0 Å². The number of amides is 1. The van der Waals surface area contributed by atoms with Crippen LogP contribution in [0.5, 0.6) is 0 Å². The molecule has 0 bridgehead atoms. The standard InChI is InChI=1S/C20H20N2O4/c1-20(2,3)26-19(24)22-17-10-15(9-16(11-17)18(23)25-4)14-7-5-6-13(8-14)12-21/h5-11H,1-4H3,(H,22,24). The third-order valence-electron chi connectivity index (χ3n) is 3.32. The predicted molar refractivity (Wildman–Crippen MR) is 97.8 cm³/mol. The first-order valence-corrected chi connectivity index (χ1v) is 7.96. The van der Waals surface area contributed by atoms with E-state index in [4.69, 9.17) is 14.7 Å². The van der Waals surface area contributed by atoms with Gasteiger partial charge in [0.15, 0.2) is 0 Å². The van der Waals surface area contributed by atoms with Gasteiger partial charge in [0, 0.05) is 5.69 Å². The van der Waals surface area contributed by atoms with Gasteiger partial charge in [0.05, 0.1) is 24.3 Å². The number of nitrogens with zero attached hydrogens (tertiary/aromatic N) is 1. The van der Waals surface area contributed by atoms with Crippen molar-refractivity contribution in [2.45, 2.75) is 26.4 Å². The molecule has 0 radical (unpaired) electrons. The van der Waals surface area contributed by atoms with E-state index in [0.29, 0.717) is 16.8 Å². The molecule has 6 nitrogen and oxygen atoms in total. The lowest BCUT2D eigenvalue weighted by Gasteiger charge is -2.20. The van der Waals surface area contributed by atoms with Crippen LogP contribution in [-0.4, -0.2) is 24.8 Å². The van der Waals surface area contributed by atoms with Gasteiger partial charge in [-0.05, 0) is 62.2 Å². The fourth-order valence-corrected chi connectivity index (χ4v) is 2.29. The quantitative estimate of drug-likeness (QED) is 0.829. The van der Waals surface area contributed by atoms with Crippen molar-refractivity contribution in [2.75, 3.05) is 12.4 Å². The van der Waals surface area contributed by atoms with Crippen molar-refractivity contribution in [2.24, 2.45) is 0 Å². The number of methoxy groups -OCH3 is 1. The molecule has 0 unspecified atom stereocenters. The molecule has 0 heterocycles. The zero-order chi connectivity index (χ0) is 19.3. The third kappa shape index (κ3) is 5.08. The number of anilines is 1. The van der Waals surface area contributed by atoms with Gasteiger partial charge in [0.25, 0.3) is 0 Å². The number of carbonyl (C=O) groups is 2. The fraction of sp³-hybridized carbons (Fsp3) is 0.250. The lowest BCUT2D eigenvalue weighted by atomic mass is 10.0. The van der Waals surface area contributed by atoms with E-state index in [-0.39, 0.29) is 5.56 Å². The number of carbonyl (C=O) groups excluding carboxylic acids is 2. The molecule has 1 amide bonds. The molecule has 2 aromatic rings. The first kappa shape index (κ1) is 19.0. The van der Waals surface area contributed by atoms with E-state index in [1.807, 2.05) is 6.07 Å². The Labute approximate surface area is 152 Å². The summed E-state index contributed by atoms with van der Waals surface area (Å²) in [6.45, 7) is 5.28. The monoisotopic (exact) mass is 352 g/mol. The Morgan fingerprint density at radius 1 is 1.08 bits per heavy atom. The number of nitriles is 1. The smallest absolute Gasteiger partial charge is 0.412 e. The van der Waals surface area contributed by atoms with Crippen LogP contribution in [-0.2, 0) is 9.47 Å². The summed E-state index contributed by atoms with van der Waals surface area (Å²) >= 11 is 0. The highest BCUT2D eigenvalue weighted by molar-refractivity contribution is 5.95. The van der Waals surface area contributed by atoms with Crippen LogP contribution in [0.15, 0.2) is 42.5 Å². The third-order valence-corrected chi connectivity index (χ3v) is 3.32. The van der Waals surface area contributed by atoms with Crippen LogP contribution in [0.25, 0.3) is 11.1 Å². The normalized spacial score (nSPS) is 10.6. The second kappa shape index (κ2) is 7.70. The highest BCUT2D eigenvalue weighted by atomic mass is 16.6. The van der Waals surface area contributed by atoms with Gasteiger partial charge in [-0.1, -0.05) is 12.1 Å². The molecular weight excluding hydrogens is 332 g/mol. The summed E-state index contributed by atoms with van der Waals surface area (Å²) in [5, 5.41) is 11.7. The van der Waals surface area contributed by atoms with Gasteiger partial charge >= 0.3 is 12.1 Å². The molecule has 0 aliphatic heterocycles. The zero-order valence-corrected chi connectivity index (χ0v) is 15.1. The topological polar surface area (TPSA) is 88.4 Å². The minimum absolute atomic E-state index is 0.276. The van der Waals surface area contributed by atoms with E-state index in [9.17, 15) is 9.59 Å². The summed E-state index contributed by atoms with van der Waals surface area (Å²) in [7, 11) is 1.28. The molecule has 2 rings (SSSR count).